The Bertz CT molecular complexity index is 263. The van der Waals surface area contributed by atoms with Crippen molar-refractivity contribution in [2.45, 2.75) is 45.6 Å². The lowest BCUT2D eigenvalue weighted by atomic mass is 9.97. The van der Waals surface area contributed by atoms with Crippen LogP contribution in [0, 0.1) is 5.92 Å². The molecule has 0 aromatic carbocycles. The number of carboxylic acid groups (broad SMARTS) is 1. The molecule has 1 unspecified atom stereocenters. The number of ether oxygens (including phenoxy) is 1. The van der Waals surface area contributed by atoms with E-state index >= 15 is 0 Å². The van der Waals surface area contributed by atoms with Crippen molar-refractivity contribution in [2.24, 2.45) is 5.92 Å². The fourth-order valence-electron chi connectivity index (χ4n) is 1.64. The molecule has 0 saturated carbocycles. The predicted octanol–water partition coefficient (Wildman–Crippen LogP) is 1.42. The second-order valence-electron chi connectivity index (χ2n) is 4.51. The second-order valence-corrected chi connectivity index (χ2v) is 4.51. The van der Waals surface area contributed by atoms with Crippen molar-refractivity contribution < 1.29 is 19.4 Å². The van der Waals surface area contributed by atoms with E-state index in [4.69, 9.17) is 9.84 Å². The van der Waals surface area contributed by atoms with Gasteiger partial charge in [0.05, 0.1) is 6.61 Å². The molecular weight excluding hydrogens is 222 g/mol. The fraction of sp³-hybridized carbons (Fsp3) is 0.833. The zero-order chi connectivity index (χ0) is 13.5. The monoisotopic (exact) mass is 245 g/mol. The molecule has 0 heterocycles. The van der Waals surface area contributed by atoms with Crippen molar-refractivity contribution in [3.05, 3.63) is 0 Å². The van der Waals surface area contributed by atoms with Gasteiger partial charge in [-0.2, -0.15) is 0 Å². The van der Waals surface area contributed by atoms with Gasteiger partial charge in [0.25, 0.3) is 0 Å². The quantitative estimate of drug-likeness (QED) is 0.678. The van der Waals surface area contributed by atoms with Crippen LogP contribution in [0.5, 0.6) is 0 Å². The number of hydrogen-bond donors (Lipinski definition) is 2. The molecule has 17 heavy (non-hydrogen) atoms. The van der Waals surface area contributed by atoms with Crippen LogP contribution in [0.4, 0.5) is 0 Å². The van der Waals surface area contributed by atoms with Crippen LogP contribution in [-0.2, 0) is 14.3 Å². The van der Waals surface area contributed by atoms with E-state index in [2.05, 4.69) is 5.32 Å². The van der Waals surface area contributed by atoms with Gasteiger partial charge in [0.1, 0.15) is 0 Å². The molecule has 0 aliphatic carbocycles. The maximum absolute atomic E-state index is 11.7. The predicted molar refractivity (Wildman–Crippen MR) is 64.7 cm³/mol. The minimum absolute atomic E-state index is 0.0447. The van der Waals surface area contributed by atoms with Gasteiger partial charge in [-0.1, -0.05) is 26.7 Å². The largest absolute Gasteiger partial charge is 0.479 e. The van der Waals surface area contributed by atoms with Gasteiger partial charge in [0, 0.05) is 13.5 Å². The number of nitrogens with one attached hydrogen (secondary N) is 1. The van der Waals surface area contributed by atoms with Gasteiger partial charge < -0.3 is 15.2 Å². The molecule has 0 aliphatic rings. The molecule has 0 fully saturated rings. The lowest BCUT2D eigenvalue weighted by Crippen LogP contribution is -2.55. The third kappa shape index (κ3) is 5.17. The summed E-state index contributed by atoms with van der Waals surface area (Å²) < 4.78 is 4.83. The van der Waals surface area contributed by atoms with Gasteiger partial charge >= 0.3 is 5.97 Å². The van der Waals surface area contributed by atoms with E-state index < -0.39 is 11.5 Å². The van der Waals surface area contributed by atoms with Gasteiger partial charge in [0.2, 0.25) is 5.91 Å². The van der Waals surface area contributed by atoms with Crippen LogP contribution < -0.4 is 5.32 Å². The van der Waals surface area contributed by atoms with E-state index in [1.54, 1.807) is 0 Å². The summed E-state index contributed by atoms with van der Waals surface area (Å²) in [5, 5.41) is 11.6. The molecule has 0 aliphatic heterocycles. The summed E-state index contributed by atoms with van der Waals surface area (Å²) in [7, 11) is 1.41. The van der Waals surface area contributed by atoms with E-state index in [0.29, 0.717) is 12.3 Å². The van der Waals surface area contributed by atoms with Gasteiger partial charge in [-0.25, -0.2) is 4.79 Å². The molecule has 0 aromatic rings. The molecule has 1 amide bonds. The zero-order valence-electron chi connectivity index (χ0n) is 11.1. The van der Waals surface area contributed by atoms with Crippen molar-refractivity contribution >= 4 is 11.9 Å². The van der Waals surface area contributed by atoms with Crippen molar-refractivity contribution in [3.8, 4) is 0 Å². The third-order valence-electron chi connectivity index (χ3n) is 2.95. The highest BCUT2D eigenvalue weighted by Gasteiger charge is 2.35. The Labute approximate surface area is 103 Å². The van der Waals surface area contributed by atoms with E-state index in [1.807, 2.05) is 13.8 Å². The number of rotatable bonds is 8. The first-order valence-corrected chi connectivity index (χ1v) is 5.92. The first kappa shape index (κ1) is 15.9. The average Bonchev–Trinajstić information content (AvgIpc) is 2.25. The molecule has 5 heteroatoms. The van der Waals surface area contributed by atoms with E-state index in [9.17, 15) is 9.59 Å². The molecule has 0 saturated heterocycles. The molecule has 2 N–H and O–H groups in total. The highest BCUT2D eigenvalue weighted by atomic mass is 16.5. The number of carbonyl (C=O) groups is 2. The van der Waals surface area contributed by atoms with Crippen LogP contribution in [0.3, 0.4) is 0 Å². The van der Waals surface area contributed by atoms with Crippen molar-refractivity contribution in [1.29, 1.82) is 0 Å². The first-order valence-electron chi connectivity index (χ1n) is 5.92. The Kier molecular flexibility index (Phi) is 6.80. The first-order chi connectivity index (χ1) is 7.89. The zero-order valence-corrected chi connectivity index (χ0v) is 11.1. The molecule has 0 spiro atoms. The SMILES string of the molecule is CCC(CC)CC(=O)NC(C)(COC)C(=O)O. The Hall–Kier alpha value is -1.10. The Morgan fingerprint density at radius 3 is 2.24 bits per heavy atom. The summed E-state index contributed by atoms with van der Waals surface area (Å²) in [6, 6.07) is 0. The van der Waals surface area contributed by atoms with E-state index in [-0.39, 0.29) is 12.5 Å². The summed E-state index contributed by atoms with van der Waals surface area (Å²) in [6.45, 7) is 5.45. The summed E-state index contributed by atoms with van der Waals surface area (Å²) in [6.07, 6.45) is 2.19. The van der Waals surface area contributed by atoms with Crippen molar-refractivity contribution in [3.63, 3.8) is 0 Å². The second kappa shape index (κ2) is 7.27. The third-order valence-corrected chi connectivity index (χ3v) is 2.95. The standard InChI is InChI=1S/C12H23NO4/c1-5-9(6-2)7-10(14)13-12(3,8-17-4)11(15)16/h9H,5-8H2,1-4H3,(H,13,14)(H,15,16). The molecule has 0 bridgehead atoms. The normalized spacial score (nSPS) is 14.4. The fourth-order valence-corrected chi connectivity index (χ4v) is 1.64. The van der Waals surface area contributed by atoms with Crippen molar-refractivity contribution in [2.75, 3.05) is 13.7 Å². The lowest BCUT2D eigenvalue weighted by Gasteiger charge is -2.26. The van der Waals surface area contributed by atoms with Gasteiger partial charge in [-0.15, -0.1) is 0 Å². The lowest BCUT2D eigenvalue weighted by molar-refractivity contribution is -0.149. The van der Waals surface area contributed by atoms with Crippen LogP contribution in [0.1, 0.15) is 40.0 Å². The summed E-state index contributed by atoms with van der Waals surface area (Å²) in [5.74, 6) is -1.02. The van der Waals surface area contributed by atoms with Crippen LogP contribution in [0.2, 0.25) is 0 Å². The minimum atomic E-state index is -1.35. The highest BCUT2D eigenvalue weighted by Crippen LogP contribution is 2.13. The average molecular weight is 245 g/mol. The number of carboxylic acids is 1. The number of amides is 1. The molecule has 0 rings (SSSR count). The van der Waals surface area contributed by atoms with Crippen LogP contribution >= 0.6 is 0 Å². The minimum Gasteiger partial charge on any atom is -0.479 e. The number of aliphatic carboxylic acids is 1. The summed E-state index contributed by atoms with van der Waals surface area (Å²) in [4.78, 5) is 22.8. The van der Waals surface area contributed by atoms with Crippen LogP contribution in [-0.4, -0.2) is 36.2 Å². The van der Waals surface area contributed by atoms with Crippen LogP contribution in [0.25, 0.3) is 0 Å². The van der Waals surface area contributed by atoms with E-state index in [1.165, 1.54) is 14.0 Å². The molecule has 1 atom stereocenters. The maximum atomic E-state index is 11.7. The van der Waals surface area contributed by atoms with Gasteiger partial charge in [0.15, 0.2) is 5.54 Å². The smallest absolute Gasteiger partial charge is 0.331 e. The molecule has 5 nitrogen and oxygen atoms in total. The van der Waals surface area contributed by atoms with Gasteiger partial charge in [-0.3, -0.25) is 4.79 Å². The molecule has 0 radical (unpaired) electrons. The Morgan fingerprint density at radius 1 is 1.35 bits per heavy atom. The summed E-state index contributed by atoms with van der Waals surface area (Å²) in [5.41, 5.74) is -1.35. The topological polar surface area (TPSA) is 75.6 Å². The Morgan fingerprint density at radius 2 is 1.88 bits per heavy atom. The number of hydrogen-bond acceptors (Lipinski definition) is 3. The maximum Gasteiger partial charge on any atom is 0.331 e. The number of methoxy groups -OCH3 is 1. The molecular formula is C12H23NO4. The highest BCUT2D eigenvalue weighted by molar-refractivity contribution is 5.86. The van der Waals surface area contributed by atoms with E-state index in [0.717, 1.165) is 12.8 Å². The van der Waals surface area contributed by atoms with Crippen LogP contribution in [0.15, 0.2) is 0 Å². The molecule has 100 valence electrons. The Balaban J connectivity index is 4.46. The van der Waals surface area contributed by atoms with Crippen molar-refractivity contribution in [1.82, 2.24) is 5.32 Å². The van der Waals surface area contributed by atoms with Gasteiger partial charge in [-0.05, 0) is 12.8 Å². The summed E-state index contributed by atoms with van der Waals surface area (Å²) >= 11 is 0. The number of carbonyl (C=O) groups excluding carboxylic acids is 1. The molecule has 0 aromatic heterocycles.